The lowest BCUT2D eigenvalue weighted by Gasteiger charge is -2.52. The average Bonchev–Trinajstić information content (AvgIpc) is 2.68. The maximum absolute atomic E-state index is 14.1. The van der Waals surface area contributed by atoms with Crippen LogP contribution in [0.2, 0.25) is 0 Å². The van der Waals surface area contributed by atoms with Crippen molar-refractivity contribution in [2.75, 3.05) is 0 Å². The molecule has 1 heterocycles. The van der Waals surface area contributed by atoms with Crippen molar-refractivity contribution < 1.29 is 24.5 Å². The van der Waals surface area contributed by atoms with Gasteiger partial charge in [0.1, 0.15) is 11.5 Å². The third-order valence-corrected chi connectivity index (χ3v) is 9.73. The third-order valence-electron chi connectivity index (χ3n) is 7.44. The van der Waals surface area contributed by atoms with E-state index in [9.17, 15) is 19.8 Å². The molecule has 0 aromatic heterocycles. The van der Waals surface area contributed by atoms with E-state index in [-0.39, 0.29) is 45.0 Å². The summed E-state index contributed by atoms with van der Waals surface area (Å²) >= 11 is 10.3. The van der Waals surface area contributed by atoms with Gasteiger partial charge in [-0.1, -0.05) is 48.0 Å². The van der Waals surface area contributed by atoms with Crippen LogP contribution in [0.4, 0.5) is 0 Å². The minimum absolute atomic E-state index is 0.0388. The van der Waals surface area contributed by atoms with Crippen LogP contribution in [0, 0.1) is 11.3 Å². The van der Waals surface area contributed by atoms with Gasteiger partial charge in [-0.05, 0) is 50.5 Å². The van der Waals surface area contributed by atoms with Crippen molar-refractivity contribution in [2.24, 2.45) is 11.3 Å². The molecule has 1 saturated carbocycles. The number of halogens is 2. The van der Waals surface area contributed by atoms with E-state index in [0.29, 0.717) is 0 Å². The number of ketones is 2. The molecule has 0 radical (unpaired) electrons. The lowest BCUT2D eigenvalue weighted by molar-refractivity contribution is -0.116. The van der Waals surface area contributed by atoms with Crippen LogP contribution in [0.25, 0.3) is 0 Å². The van der Waals surface area contributed by atoms with E-state index in [1.54, 1.807) is 19.9 Å². The zero-order valence-electron chi connectivity index (χ0n) is 18.7. The fraction of sp³-hybridized carbons (Fsp3) is 0.520. The van der Waals surface area contributed by atoms with Gasteiger partial charge in [-0.15, -0.1) is 11.6 Å². The van der Waals surface area contributed by atoms with E-state index in [1.165, 1.54) is 6.07 Å². The topological polar surface area (TPSA) is 83.8 Å². The number of benzene rings is 1. The van der Waals surface area contributed by atoms with E-state index >= 15 is 0 Å². The molecule has 0 bridgehead atoms. The fourth-order valence-corrected chi connectivity index (χ4v) is 6.11. The zero-order valence-corrected chi connectivity index (χ0v) is 21.0. The van der Waals surface area contributed by atoms with Crippen LogP contribution in [0.15, 0.2) is 35.9 Å². The van der Waals surface area contributed by atoms with Crippen molar-refractivity contribution in [2.45, 2.75) is 68.4 Å². The number of aromatic hydroxyl groups is 2. The first-order valence-corrected chi connectivity index (χ1v) is 12.1. The Morgan fingerprint density at radius 1 is 1.22 bits per heavy atom. The summed E-state index contributed by atoms with van der Waals surface area (Å²) in [4.78, 5) is 27.9. The van der Waals surface area contributed by atoms with Crippen LogP contribution in [-0.4, -0.2) is 43.2 Å². The summed E-state index contributed by atoms with van der Waals surface area (Å²) in [7, 11) is 0. The summed E-state index contributed by atoms with van der Waals surface area (Å²) in [6, 6.07) is 2.29. The first kappa shape index (κ1) is 23.5. The number of carbonyl (C=O) groups is 2. The number of alkyl halides is 2. The van der Waals surface area contributed by atoms with Crippen LogP contribution in [0.1, 0.15) is 67.7 Å². The summed E-state index contributed by atoms with van der Waals surface area (Å²) in [5.74, 6) is -1.81. The molecule has 1 aromatic carbocycles. The van der Waals surface area contributed by atoms with Crippen LogP contribution >= 0.6 is 27.5 Å². The van der Waals surface area contributed by atoms with Gasteiger partial charge in [0.2, 0.25) is 0 Å². The number of rotatable bonds is 2. The number of hydrogen-bond acceptors (Lipinski definition) is 5. The number of fused-ring (bicyclic) bond motifs is 2. The minimum Gasteiger partial charge on any atom is -0.508 e. The highest BCUT2D eigenvalue weighted by Crippen LogP contribution is 2.55. The Morgan fingerprint density at radius 3 is 2.53 bits per heavy atom. The average molecular weight is 524 g/mol. The van der Waals surface area contributed by atoms with Crippen molar-refractivity contribution >= 4 is 39.1 Å². The van der Waals surface area contributed by atoms with Gasteiger partial charge in [0.25, 0.3) is 0 Å². The van der Waals surface area contributed by atoms with E-state index in [1.807, 2.05) is 0 Å². The highest BCUT2D eigenvalue weighted by atomic mass is 79.9. The Balaban J connectivity index is 1.95. The van der Waals surface area contributed by atoms with E-state index in [2.05, 4.69) is 36.4 Å². The second-order valence-electron chi connectivity index (χ2n) is 10.3. The maximum Gasteiger partial charge on any atom is 0.200 e. The molecule has 1 aromatic rings. The molecule has 172 valence electrons. The normalized spacial score (nSPS) is 33.4. The molecule has 3 aliphatic rings. The van der Waals surface area contributed by atoms with Crippen molar-refractivity contribution in [1.29, 1.82) is 0 Å². The van der Waals surface area contributed by atoms with Crippen LogP contribution in [-0.2, 0) is 4.74 Å². The van der Waals surface area contributed by atoms with Gasteiger partial charge in [-0.25, -0.2) is 0 Å². The van der Waals surface area contributed by atoms with Crippen LogP contribution < -0.4 is 0 Å². The molecule has 32 heavy (non-hydrogen) atoms. The summed E-state index contributed by atoms with van der Waals surface area (Å²) in [6.07, 6.45) is 3.57. The van der Waals surface area contributed by atoms with Gasteiger partial charge in [0, 0.05) is 22.0 Å². The molecular formula is C25H28BrClO5. The predicted molar refractivity (Wildman–Crippen MR) is 127 cm³/mol. The predicted octanol–water partition coefficient (Wildman–Crippen LogP) is 5.70. The minimum atomic E-state index is -1.59. The number of carbonyl (C=O) groups excluding carboxylic acids is 2. The van der Waals surface area contributed by atoms with Crippen molar-refractivity contribution in [3.63, 3.8) is 0 Å². The molecular weight excluding hydrogens is 496 g/mol. The molecule has 1 fully saturated rings. The summed E-state index contributed by atoms with van der Waals surface area (Å²) < 4.78 is 6.49. The van der Waals surface area contributed by atoms with Gasteiger partial charge in [0.05, 0.1) is 16.5 Å². The second-order valence-corrected chi connectivity index (χ2v) is 11.9. The Kier molecular flexibility index (Phi) is 5.47. The van der Waals surface area contributed by atoms with Gasteiger partial charge in [0.15, 0.2) is 17.2 Å². The van der Waals surface area contributed by atoms with Crippen molar-refractivity contribution in [3.05, 3.63) is 47.1 Å². The highest BCUT2D eigenvalue weighted by molar-refractivity contribution is 9.09. The third kappa shape index (κ3) is 3.29. The molecule has 5 nitrogen and oxygen atoms in total. The van der Waals surface area contributed by atoms with E-state index in [0.717, 1.165) is 24.5 Å². The molecule has 1 aliphatic heterocycles. The SMILES string of the molecule is C=C1CCC(Br)C(C)(C)C1C[C@@]12OC(C)(C)[C@H](Cl)C=C1C(=O)c1c(O)cc(O)cc1C2=O. The Hall–Kier alpha value is -1.63. The monoisotopic (exact) mass is 522 g/mol. The summed E-state index contributed by atoms with van der Waals surface area (Å²) in [6.45, 7) is 12.1. The molecule has 7 heteroatoms. The van der Waals surface area contributed by atoms with Crippen LogP contribution in [0.5, 0.6) is 11.5 Å². The number of Topliss-reactive ketones (excluding diaryl/α,β-unsaturated/α-hetero) is 2. The highest BCUT2D eigenvalue weighted by Gasteiger charge is 2.60. The number of phenolic OH excluding ortho intramolecular Hbond substituents is 2. The number of ether oxygens (including phenoxy) is 1. The van der Waals surface area contributed by atoms with Gasteiger partial charge in [-0.3, -0.25) is 9.59 Å². The Bertz CT molecular complexity index is 1070. The molecule has 2 unspecified atom stereocenters. The molecule has 2 N–H and O–H groups in total. The molecule has 4 rings (SSSR count). The number of allylic oxidation sites excluding steroid dienone is 1. The Morgan fingerprint density at radius 2 is 1.88 bits per heavy atom. The molecule has 2 aliphatic carbocycles. The van der Waals surface area contributed by atoms with E-state index in [4.69, 9.17) is 16.3 Å². The fourth-order valence-electron chi connectivity index (χ4n) is 5.39. The van der Waals surface area contributed by atoms with Crippen LogP contribution in [0.3, 0.4) is 0 Å². The summed E-state index contributed by atoms with van der Waals surface area (Å²) in [5.41, 5.74) is -1.76. The summed E-state index contributed by atoms with van der Waals surface area (Å²) in [5, 5.41) is 19.8. The first-order valence-electron chi connectivity index (χ1n) is 10.8. The molecule has 4 atom stereocenters. The number of phenols is 2. The second kappa shape index (κ2) is 7.44. The van der Waals surface area contributed by atoms with Crippen molar-refractivity contribution in [3.8, 4) is 11.5 Å². The smallest absolute Gasteiger partial charge is 0.200 e. The lowest BCUT2D eigenvalue weighted by Crippen LogP contribution is -2.60. The van der Waals surface area contributed by atoms with Gasteiger partial charge >= 0.3 is 0 Å². The standard InChI is InChI=1S/C25H28BrClO5/c1-12-6-7-18(26)23(2,3)16(12)11-25-15(10-19(27)24(4,5)32-25)21(30)20-14(22(25)31)8-13(28)9-17(20)29/h8-10,16,18-19,28-29H,1,6-7,11H2,2-5H3/t16?,18?,19-,25-/m1/s1. The van der Waals surface area contributed by atoms with Crippen molar-refractivity contribution in [1.82, 2.24) is 0 Å². The largest absolute Gasteiger partial charge is 0.508 e. The van der Waals surface area contributed by atoms with Gasteiger partial charge in [-0.2, -0.15) is 0 Å². The zero-order chi connectivity index (χ0) is 23.8. The van der Waals surface area contributed by atoms with Gasteiger partial charge < -0.3 is 14.9 Å². The first-order chi connectivity index (χ1) is 14.7. The molecule has 0 saturated heterocycles. The number of hydrogen-bond donors (Lipinski definition) is 2. The quantitative estimate of drug-likeness (QED) is 0.383. The Labute approximate surface area is 201 Å². The molecule has 0 spiro atoms. The molecule has 0 amide bonds. The maximum atomic E-state index is 14.1. The lowest BCUT2D eigenvalue weighted by atomic mass is 9.59. The van der Waals surface area contributed by atoms with E-state index < -0.39 is 33.9 Å².